The first-order valence-corrected chi connectivity index (χ1v) is 10.7. The molecule has 2 aromatic rings. The Hall–Kier alpha value is -2.21. The molecule has 1 aliphatic heterocycles. The molecule has 1 heterocycles. The van der Waals surface area contributed by atoms with Crippen molar-refractivity contribution in [3.8, 4) is 11.5 Å². The molecule has 4 rings (SSSR count). The van der Waals surface area contributed by atoms with Gasteiger partial charge in [-0.25, -0.2) is 4.39 Å². The molecule has 6 heteroatoms. The maximum Gasteiger partial charge on any atom is 0.231 e. The van der Waals surface area contributed by atoms with E-state index in [0.717, 1.165) is 29.9 Å². The number of carbonyl (C=O) groups is 1. The van der Waals surface area contributed by atoms with Gasteiger partial charge in [-0.15, -0.1) is 11.8 Å². The Balaban J connectivity index is 1.40. The van der Waals surface area contributed by atoms with Gasteiger partial charge in [-0.3, -0.25) is 4.79 Å². The summed E-state index contributed by atoms with van der Waals surface area (Å²) in [5.74, 6) is 1.97. The van der Waals surface area contributed by atoms with Gasteiger partial charge in [-0.1, -0.05) is 31.0 Å². The number of hydrogen-bond acceptors (Lipinski definition) is 4. The Kier molecular flexibility index (Phi) is 6.05. The average Bonchev–Trinajstić information content (AvgIpc) is 3.39. The van der Waals surface area contributed by atoms with Crippen LogP contribution in [0.5, 0.6) is 11.5 Å². The monoisotopic (exact) mass is 401 g/mol. The molecular weight excluding hydrogens is 377 g/mol. The third-order valence-corrected chi connectivity index (χ3v) is 6.34. The van der Waals surface area contributed by atoms with Crippen molar-refractivity contribution < 1.29 is 18.7 Å². The summed E-state index contributed by atoms with van der Waals surface area (Å²) in [6.45, 7) is 0.821. The van der Waals surface area contributed by atoms with Crippen molar-refractivity contribution in [2.24, 2.45) is 0 Å². The normalized spacial score (nSPS) is 15.8. The van der Waals surface area contributed by atoms with E-state index in [0.29, 0.717) is 23.6 Å². The third-order valence-electron chi connectivity index (χ3n) is 5.29. The van der Waals surface area contributed by atoms with Crippen molar-refractivity contribution in [1.29, 1.82) is 0 Å². The second-order valence-corrected chi connectivity index (χ2v) is 8.31. The Labute approximate surface area is 169 Å². The number of amides is 1. The largest absolute Gasteiger partial charge is 0.454 e. The van der Waals surface area contributed by atoms with E-state index in [1.54, 1.807) is 12.1 Å². The van der Waals surface area contributed by atoms with Crippen LogP contribution in [0.3, 0.4) is 0 Å². The number of hydrogen-bond donors (Lipinski definition) is 0. The number of rotatable bonds is 7. The molecule has 0 spiro atoms. The van der Waals surface area contributed by atoms with Crippen LogP contribution in [-0.2, 0) is 11.3 Å². The fourth-order valence-corrected chi connectivity index (χ4v) is 4.70. The van der Waals surface area contributed by atoms with Gasteiger partial charge < -0.3 is 14.4 Å². The fraction of sp³-hybridized carbons (Fsp3) is 0.409. The zero-order valence-electron chi connectivity index (χ0n) is 15.7. The van der Waals surface area contributed by atoms with Gasteiger partial charge in [-0.2, -0.15) is 0 Å². The molecule has 2 aromatic carbocycles. The van der Waals surface area contributed by atoms with E-state index in [2.05, 4.69) is 0 Å². The van der Waals surface area contributed by atoms with Crippen LogP contribution in [0.1, 0.15) is 37.7 Å². The molecule has 2 aliphatic rings. The van der Waals surface area contributed by atoms with Crippen LogP contribution in [0.2, 0.25) is 0 Å². The third kappa shape index (κ3) is 4.43. The Bertz CT molecular complexity index is 838. The first-order valence-electron chi connectivity index (χ1n) is 9.76. The van der Waals surface area contributed by atoms with Crippen molar-refractivity contribution >= 4 is 17.7 Å². The van der Waals surface area contributed by atoms with E-state index >= 15 is 0 Å². The number of carbonyl (C=O) groups excluding carboxylic acids is 1. The first-order chi connectivity index (χ1) is 13.7. The van der Waals surface area contributed by atoms with Crippen molar-refractivity contribution in [3.63, 3.8) is 0 Å². The highest BCUT2D eigenvalue weighted by atomic mass is 32.2. The van der Waals surface area contributed by atoms with E-state index in [4.69, 9.17) is 9.47 Å². The highest BCUT2D eigenvalue weighted by Gasteiger charge is 2.27. The van der Waals surface area contributed by atoms with E-state index in [-0.39, 0.29) is 24.6 Å². The van der Waals surface area contributed by atoms with Crippen molar-refractivity contribution in [3.05, 3.63) is 53.8 Å². The second-order valence-electron chi connectivity index (χ2n) is 7.18. The summed E-state index contributed by atoms with van der Waals surface area (Å²) in [7, 11) is 0. The van der Waals surface area contributed by atoms with E-state index in [1.807, 2.05) is 29.2 Å². The van der Waals surface area contributed by atoms with Gasteiger partial charge in [0.05, 0.1) is 0 Å². The van der Waals surface area contributed by atoms with Crippen molar-refractivity contribution in [2.75, 3.05) is 12.5 Å². The summed E-state index contributed by atoms with van der Waals surface area (Å²) in [4.78, 5) is 15.6. The molecule has 0 saturated heterocycles. The summed E-state index contributed by atoms with van der Waals surface area (Å²) in [5.41, 5.74) is 1.05. The van der Waals surface area contributed by atoms with Crippen LogP contribution in [-0.4, -0.2) is 29.4 Å². The average molecular weight is 402 g/mol. The molecule has 4 nitrogen and oxygen atoms in total. The molecule has 0 radical (unpaired) electrons. The zero-order valence-corrected chi connectivity index (χ0v) is 16.6. The lowest BCUT2D eigenvalue weighted by Gasteiger charge is -2.29. The molecule has 1 fully saturated rings. The Morgan fingerprint density at radius 1 is 1.11 bits per heavy atom. The predicted molar refractivity (Wildman–Crippen MR) is 107 cm³/mol. The van der Waals surface area contributed by atoms with E-state index in [1.165, 1.54) is 30.7 Å². The summed E-state index contributed by atoms with van der Waals surface area (Å²) in [5, 5.41) is 0. The highest BCUT2D eigenvalue weighted by Crippen LogP contribution is 2.34. The number of thioether (sulfide) groups is 1. The van der Waals surface area contributed by atoms with Crippen LogP contribution in [0.15, 0.2) is 47.4 Å². The summed E-state index contributed by atoms with van der Waals surface area (Å²) in [6.07, 6.45) is 4.84. The molecule has 1 amide bonds. The molecule has 148 valence electrons. The minimum atomic E-state index is -0.229. The first kappa shape index (κ1) is 19.1. The standard InChI is InChI=1S/C22H24FNO3S/c23-18-7-3-4-8-21(18)28-12-11-22(25)24(17-5-1-2-6-17)14-16-9-10-19-20(13-16)27-15-26-19/h3-4,7-10,13,17H,1-2,5-6,11-12,14-15H2. The van der Waals surface area contributed by atoms with E-state index in [9.17, 15) is 9.18 Å². The number of ether oxygens (including phenoxy) is 2. The molecule has 0 bridgehead atoms. The zero-order chi connectivity index (χ0) is 19.3. The molecule has 28 heavy (non-hydrogen) atoms. The highest BCUT2D eigenvalue weighted by molar-refractivity contribution is 7.99. The minimum Gasteiger partial charge on any atom is -0.454 e. The number of fused-ring (bicyclic) bond motifs is 1. The topological polar surface area (TPSA) is 38.8 Å². The lowest BCUT2D eigenvalue weighted by Crippen LogP contribution is -2.38. The number of benzene rings is 2. The predicted octanol–water partition coefficient (Wildman–Crippen LogP) is 5.01. The van der Waals surface area contributed by atoms with Crippen molar-refractivity contribution in [1.82, 2.24) is 4.90 Å². The van der Waals surface area contributed by atoms with Gasteiger partial charge in [0.1, 0.15) is 5.82 Å². The van der Waals surface area contributed by atoms with Gasteiger partial charge in [0.25, 0.3) is 0 Å². The maximum absolute atomic E-state index is 13.8. The van der Waals surface area contributed by atoms with Crippen LogP contribution >= 0.6 is 11.8 Å². The molecule has 0 atom stereocenters. The van der Waals surface area contributed by atoms with Gasteiger partial charge in [-0.05, 0) is 42.7 Å². The number of nitrogens with zero attached hydrogens (tertiary/aromatic N) is 1. The smallest absolute Gasteiger partial charge is 0.231 e. The lowest BCUT2D eigenvalue weighted by atomic mass is 10.1. The molecule has 1 saturated carbocycles. The quantitative estimate of drug-likeness (QED) is 0.612. The van der Waals surface area contributed by atoms with Crippen LogP contribution in [0, 0.1) is 5.82 Å². The Morgan fingerprint density at radius 3 is 2.71 bits per heavy atom. The second kappa shape index (κ2) is 8.86. The van der Waals surface area contributed by atoms with Crippen molar-refractivity contribution in [2.45, 2.75) is 49.6 Å². The number of halogens is 1. The maximum atomic E-state index is 13.8. The summed E-state index contributed by atoms with van der Waals surface area (Å²) < 4.78 is 24.6. The van der Waals surface area contributed by atoms with Crippen LogP contribution in [0.4, 0.5) is 4.39 Å². The van der Waals surface area contributed by atoms with Gasteiger partial charge >= 0.3 is 0 Å². The lowest BCUT2D eigenvalue weighted by molar-refractivity contribution is -0.133. The van der Waals surface area contributed by atoms with E-state index < -0.39 is 0 Å². The van der Waals surface area contributed by atoms with Gasteiger partial charge in [0.15, 0.2) is 11.5 Å². The fourth-order valence-electron chi connectivity index (χ4n) is 3.83. The molecule has 1 aliphatic carbocycles. The molecule has 0 unspecified atom stereocenters. The molecule has 0 aromatic heterocycles. The summed E-state index contributed by atoms with van der Waals surface area (Å²) in [6, 6.07) is 12.9. The Morgan fingerprint density at radius 2 is 1.89 bits per heavy atom. The SMILES string of the molecule is O=C(CCSc1ccccc1F)N(Cc1ccc2c(c1)OCO2)C1CCCC1. The molecule has 0 N–H and O–H groups in total. The summed E-state index contributed by atoms with van der Waals surface area (Å²) >= 11 is 1.40. The van der Waals surface area contributed by atoms with Gasteiger partial charge in [0.2, 0.25) is 12.7 Å². The van der Waals surface area contributed by atoms with Gasteiger partial charge in [0, 0.05) is 29.7 Å². The molecular formula is C22H24FNO3S. The van der Waals surface area contributed by atoms with Crippen LogP contribution < -0.4 is 9.47 Å². The van der Waals surface area contributed by atoms with Crippen LogP contribution in [0.25, 0.3) is 0 Å². The minimum absolute atomic E-state index is 0.133.